The maximum Gasteiger partial charge on any atom is 0.226 e. The van der Waals surface area contributed by atoms with Crippen molar-refractivity contribution in [3.05, 3.63) is 47.6 Å². The molecule has 0 radical (unpaired) electrons. The van der Waals surface area contributed by atoms with Crippen LogP contribution in [0.5, 0.6) is 0 Å². The molecule has 0 aliphatic rings. The standard InChI is InChI=1S/C14H19N3O/c1-3-7-12-16-13(17-18-12)14(2,15)10-11-8-5-4-6-9-11/h4-6,8-9H,3,7,10,15H2,1-2H3. The Bertz CT molecular complexity index is 491. The minimum Gasteiger partial charge on any atom is -0.339 e. The van der Waals surface area contributed by atoms with Gasteiger partial charge in [0.2, 0.25) is 5.89 Å². The molecule has 0 fully saturated rings. The number of hydrogen-bond donors (Lipinski definition) is 1. The van der Waals surface area contributed by atoms with Gasteiger partial charge >= 0.3 is 0 Å². The van der Waals surface area contributed by atoms with E-state index in [1.165, 1.54) is 5.56 Å². The summed E-state index contributed by atoms with van der Waals surface area (Å²) in [5.41, 5.74) is 6.86. The van der Waals surface area contributed by atoms with Crippen molar-refractivity contribution < 1.29 is 4.52 Å². The number of rotatable bonds is 5. The third-order valence-corrected chi connectivity index (χ3v) is 2.86. The molecule has 0 aliphatic carbocycles. The Labute approximate surface area is 107 Å². The van der Waals surface area contributed by atoms with Crippen molar-refractivity contribution in [2.75, 3.05) is 0 Å². The van der Waals surface area contributed by atoms with Crippen LogP contribution >= 0.6 is 0 Å². The summed E-state index contributed by atoms with van der Waals surface area (Å²) in [5.74, 6) is 1.24. The molecule has 2 rings (SSSR count). The van der Waals surface area contributed by atoms with E-state index in [4.69, 9.17) is 10.3 Å². The normalized spacial score (nSPS) is 14.4. The molecule has 1 atom stereocenters. The van der Waals surface area contributed by atoms with Crippen molar-refractivity contribution in [1.82, 2.24) is 10.1 Å². The molecule has 4 nitrogen and oxygen atoms in total. The highest BCUT2D eigenvalue weighted by Crippen LogP contribution is 2.20. The molecule has 96 valence electrons. The van der Waals surface area contributed by atoms with Crippen LogP contribution in [0.3, 0.4) is 0 Å². The van der Waals surface area contributed by atoms with Gasteiger partial charge in [0.25, 0.3) is 0 Å². The molecule has 0 spiro atoms. The summed E-state index contributed by atoms with van der Waals surface area (Å²) in [6, 6.07) is 10.1. The number of nitrogens with zero attached hydrogens (tertiary/aromatic N) is 2. The molecule has 0 bridgehead atoms. The smallest absolute Gasteiger partial charge is 0.226 e. The number of nitrogens with two attached hydrogens (primary N) is 1. The Morgan fingerprint density at radius 1 is 1.28 bits per heavy atom. The molecular formula is C14H19N3O. The Balaban J connectivity index is 2.14. The molecule has 0 saturated carbocycles. The molecule has 0 saturated heterocycles. The minimum absolute atomic E-state index is 0.579. The monoisotopic (exact) mass is 245 g/mol. The van der Waals surface area contributed by atoms with Crippen molar-refractivity contribution in [1.29, 1.82) is 0 Å². The summed E-state index contributed by atoms with van der Waals surface area (Å²) < 4.78 is 5.19. The van der Waals surface area contributed by atoms with Gasteiger partial charge in [-0.3, -0.25) is 0 Å². The maximum atomic E-state index is 6.29. The van der Waals surface area contributed by atoms with Gasteiger partial charge in [0.15, 0.2) is 5.82 Å². The molecular weight excluding hydrogens is 226 g/mol. The lowest BCUT2D eigenvalue weighted by Crippen LogP contribution is -2.36. The van der Waals surface area contributed by atoms with Crippen LogP contribution in [0.15, 0.2) is 34.9 Å². The van der Waals surface area contributed by atoms with Crippen LogP contribution in [0, 0.1) is 0 Å². The Kier molecular flexibility index (Phi) is 3.77. The van der Waals surface area contributed by atoms with Gasteiger partial charge in [-0.05, 0) is 25.3 Å². The van der Waals surface area contributed by atoms with E-state index in [1.54, 1.807) is 0 Å². The quantitative estimate of drug-likeness (QED) is 0.878. The van der Waals surface area contributed by atoms with E-state index in [0.717, 1.165) is 12.8 Å². The second kappa shape index (κ2) is 5.31. The lowest BCUT2D eigenvalue weighted by molar-refractivity contribution is 0.353. The molecule has 4 heteroatoms. The second-order valence-electron chi connectivity index (χ2n) is 4.84. The predicted octanol–water partition coefficient (Wildman–Crippen LogP) is 2.44. The van der Waals surface area contributed by atoms with Gasteiger partial charge in [-0.2, -0.15) is 4.98 Å². The zero-order valence-electron chi connectivity index (χ0n) is 10.9. The van der Waals surface area contributed by atoms with Crippen LogP contribution in [-0.4, -0.2) is 10.1 Å². The third-order valence-electron chi connectivity index (χ3n) is 2.86. The molecule has 2 aromatic rings. The summed E-state index contributed by atoms with van der Waals surface area (Å²) in [7, 11) is 0. The topological polar surface area (TPSA) is 64.9 Å². The first-order valence-corrected chi connectivity index (χ1v) is 6.27. The van der Waals surface area contributed by atoms with E-state index in [9.17, 15) is 0 Å². The van der Waals surface area contributed by atoms with Gasteiger partial charge < -0.3 is 10.3 Å². The SMILES string of the molecule is CCCc1nc(C(C)(N)Cc2ccccc2)no1. The molecule has 2 N–H and O–H groups in total. The van der Waals surface area contributed by atoms with Crippen molar-refractivity contribution in [2.24, 2.45) is 5.73 Å². The van der Waals surface area contributed by atoms with Gasteiger partial charge in [-0.1, -0.05) is 42.4 Å². The third kappa shape index (κ3) is 2.96. The van der Waals surface area contributed by atoms with Gasteiger partial charge in [0.05, 0.1) is 5.54 Å². The molecule has 1 heterocycles. The average Bonchev–Trinajstić information content (AvgIpc) is 2.80. The molecule has 1 aromatic carbocycles. The summed E-state index contributed by atoms with van der Waals surface area (Å²) in [5, 5.41) is 3.99. The van der Waals surface area contributed by atoms with Crippen LogP contribution in [-0.2, 0) is 18.4 Å². The highest BCUT2D eigenvalue weighted by atomic mass is 16.5. The summed E-state index contributed by atoms with van der Waals surface area (Å²) >= 11 is 0. The first kappa shape index (κ1) is 12.8. The Morgan fingerprint density at radius 2 is 2.00 bits per heavy atom. The number of benzene rings is 1. The van der Waals surface area contributed by atoms with Crippen LogP contribution in [0.2, 0.25) is 0 Å². The minimum atomic E-state index is -0.600. The van der Waals surface area contributed by atoms with Crippen molar-refractivity contribution >= 4 is 0 Å². The fourth-order valence-corrected chi connectivity index (χ4v) is 1.90. The number of hydrogen-bond acceptors (Lipinski definition) is 4. The molecule has 1 aromatic heterocycles. The van der Waals surface area contributed by atoms with E-state index >= 15 is 0 Å². The maximum absolute atomic E-state index is 6.29. The average molecular weight is 245 g/mol. The van der Waals surface area contributed by atoms with Crippen LogP contribution in [0.1, 0.15) is 37.5 Å². The first-order valence-electron chi connectivity index (χ1n) is 6.27. The summed E-state index contributed by atoms with van der Waals surface area (Å²) in [6.45, 7) is 4.01. The van der Waals surface area contributed by atoms with Gasteiger partial charge in [-0.15, -0.1) is 0 Å². The fourth-order valence-electron chi connectivity index (χ4n) is 1.90. The zero-order valence-corrected chi connectivity index (χ0v) is 10.9. The first-order chi connectivity index (χ1) is 8.62. The predicted molar refractivity (Wildman–Crippen MR) is 70.0 cm³/mol. The van der Waals surface area contributed by atoms with Crippen molar-refractivity contribution in [2.45, 2.75) is 38.6 Å². The Hall–Kier alpha value is -1.68. The summed E-state index contributed by atoms with van der Waals surface area (Å²) in [6.07, 6.45) is 2.48. The summed E-state index contributed by atoms with van der Waals surface area (Å²) in [4.78, 5) is 4.37. The van der Waals surface area contributed by atoms with Gasteiger partial charge in [-0.25, -0.2) is 0 Å². The largest absolute Gasteiger partial charge is 0.339 e. The van der Waals surface area contributed by atoms with E-state index in [0.29, 0.717) is 18.1 Å². The molecule has 1 unspecified atom stereocenters. The van der Waals surface area contributed by atoms with Crippen molar-refractivity contribution in [3.8, 4) is 0 Å². The molecule has 18 heavy (non-hydrogen) atoms. The van der Waals surface area contributed by atoms with E-state index < -0.39 is 5.54 Å². The highest BCUT2D eigenvalue weighted by Gasteiger charge is 2.27. The number of aromatic nitrogens is 2. The zero-order chi connectivity index (χ0) is 13.0. The van der Waals surface area contributed by atoms with Gasteiger partial charge in [0.1, 0.15) is 0 Å². The van der Waals surface area contributed by atoms with Crippen LogP contribution in [0.25, 0.3) is 0 Å². The van der Waals surface area contributed by atoms with Crippen LogP contribution < -0.4 is 5.73 Å². The van der Waals surface area contributed by atoms with Crippen molar-refractivity contribution in [3.63, 3.8) is 0 Å². The second-order valence-corrected chi connectivity index (χ2v) is 4.84. The van der Waals surface area contributed by atoms with Gasteiger partial charge in [0, 0.05) is 6.42 Å². The van der Waals surface area contributed by atoms with E-state index in [2.05, 4.69) is 29.2 Å². The fraction of sp³-hybridized carbons (Fsp3) is 0.429. The Morgan fingerprint density at radius 3 is 2.67 bits per heavy atom. The highest BCUT2D eigenvalue weighted by molar-refractivity contribution is 5.19. The van der Waals surface area contributed by atoms with E-state index in [1.807, 2.05) is 25.1 Å². The lowest BCUT2D eigenvalue weighted by Gasteiger charge is -2.20. The lowest BCUT2D eigenvalue weighted by atomic mass is 9.93. The molecule has 0 amide bonds. The van der Waals surface area contributed by atoms with Crippen LogP contribution in [0.4, 0.5) is 0 Å². The number of aryl methyl sites for hydroxylation is 1. The van der Waals surface area contributed by atoms with E-state index in [-0.39, 0.29) is 0 Å². The molecule has 0 aliphatic heterocycles.